The van der Waals surface area contributed by atoms with Gasteiger partial charge in [-0.05, 0) is 69.8 Å². The highest BCUT2D eigenvalue weighted by molar-refractivity contribution is 5.75. The van der Waals surface area contributed by atoms with Crippen LogP contribution in [0.5, 0.6) is 0 Å². The Bertz CT molecular complexity index is 1970. The molecular formula is C38H25FN4. The Morgan fingerprint density at radius 1 is 0.326 bits per heavy atom. The van der Waals surface area contributed by atoms with E-state index >= 15 is 0 Å². The predicted molar refractivity (Wildman–Crippen MR) is 170 cm³/mol. The first-order valence-electron chi connectivity index (χ1n) is 14.0. The summed E-state index contributed by atoms with van der Waals surface area (Å²) >= 11 is 0. The Kier molecular flexibility index (Phi) is 7.04. The van der Waals surface area contributed by atoms with Crippen molar-refractivity contribution in [2.75, 3.05) is 0 Å². The lowest BCUT2D eigenvalue weighted by molar-refractivity contribution is 0.628. The number of nitrogens with zero attached hydrogens (tertiary/aromatic N) is 4. The highest BCUT2D eigenvalue weighted by Crippen LogP contribution is 2.30. The third-order valence-corrected chi connectivity index (χ3v) is 7.34. The summed E-state index contributed by atoms with van der Waals surface area (Å²) in [7, 11) is 0. The van der Waals surface area contributed by atoms with Gasteiger partial charge in [0.05, 0.1) is 0 Å². The van der Waals surface area contributed by atoms with E-state index in [1.54, 1.807) is 24.5 Å². The molecule has 7 rings (SSSR count). The van der Waals surface area contributed by atoms with Crippen molar-refractivity contribution in [2.45, 2.75) is 0 Å². The average molecular weight is 557 g/mol. The van der Waals surface area contributed by atoms with Gasteiger partial charge < -0.3 is 0 Å². The van der Waals surface area contributed by atoms with E-state index in [1.165, 1.54) is 34.4 Å². The molecule has 2 heterocycles. The van der Waals surface area contributed by atoms with Crippen LogP contribution in [0.2, 0.25) is 0 Å². The molecule has 0 spiro atoms. The molecule has 43 heavy (non-hydrogen) atoms. The Morgan fingerprint density at radius 3 is 1.09 bits per heavy atom. The van der Waals surface area contributed by atoms with Gasteiger partial charge in [0.1, 0.15) is 5.82 Å². The van der Waals surface area contributed by atoms with E-state index in [4.69, 9.17) is 9.97 Å². The van der Waals surface area contributed by atoms with E-state index in [0.717, 1.165) is 22.3 Å². The van der Waals surface area contributed by atoms with Gasteiger partial charge in [0, 0.05) is 29.1 Å². The van der Waals surface area contributed by atoms with Gasteiger partial charge in [-0.15, -0.1) is 0 Å². The summed E-state index contributed by atoms with van der Waals surface area (Å²) in [6.07, 6.45) is 3.43. The molecule has 0 N–H and O–H groups in total. The van der Waals surface area contributed by atoms with E-state index in [1.807, 2.05) is 30.3 Å². The lowest BCUT2D eigenvalue weighted by atomic mass is 9.98. The van der Waals surface area contributed by atoms with Crippen molar-refractivity contribution in [3.05, 3.63) is 158 Å². The summed E-state index contributed by atoms with van der Waals surface area (Å²) in [4.78, 5) is 18.4. The molecule has 0 bridgehead atoms. The molecule has 0 atom stereocenters. The van der Waals surface area contributed by atoms with Crippen LogP contribution in [-0.4, -0.2) is 19.9 Å². The van der Waals surface area contributed by atoms with Crippen molar-refractivity contribution in [2.24, 2.45) is 0 Å². The van der Waals surface area contributed by atoms with Crippen molar-refractivity contribution in [1.82, 2.24) is 19.9 Å². The molecular weight excluding hydrogens is 531 g/mol. The minimum atomic E-state index is -0.310. The zero-order valence-electron chi connectivity index (χ0n) is 23.1. The number of benzene rings is 5. The zero-order valence-corrected chi connectivity index (χ0v) is 23.1. The standard InChI is InChI=1S/C38H25FN4/c39-35-22-20-33(21-23-35)37-41-36(42-38(43-37)34-7-4-24-40-25-34)32-18-16-31(17-19-32)30-14-12-29(13-15-30)28-10-8-27(9-11-28)26-5-2-1-3-6-26/h1-25H. The molecule has 5 aromatic carbocycles. The van der Waals surface area contributed by atoms with Crippen molar-refractivity contribution in [3.63, 3.8) is 0 Å². The normalized spacial score (nSPS) is 10.9. The summed E-state index contributed by atoms with van der Waals surface area (Å²) in [6.45, 7) is 0. The minimum absolute atomic E-state index is 0.310. The Labute approximate surface area is 249 Å². The largest absolute Gasteiger partial charge is 0.264 e. The number of rotatable bonds is 6. The zero-order chi connectivity index (χ0) is 29.0. The van der Waals surface area contributed by atoms with E-state index in [0.29, 0.717) is 23.0 Å². The molecule has 0 unspecified atom stereocenters. The van der Waals surface area contributed by atoms with Crippen LogP contribution in [-0.2, 0) is 0 Å². The number of halogens is 1. The summed E-state index contributed by atoms with van der Waals surface area (Å²) in [5.74, 6) is 1.21. The van der Waals surface area contributed by atoms with Gasteiger partial charge in [0.25, 0.3) is 0 Å². The van der Waals surface area contributed by atoms with Gasteiger partial charge in [0.2, 0.25) is 0 Å². The predicted octanol–water partition coefficient (Wildman–Crippen LogP) is 9.41. The molecule has 204 valence electrons. The quantitative estimate of drug-likeness (QED) is 0.205. The first kappa shape index (κ1) is 26.1. The summed E-state index contributed by atoms with van der Waals surface area (Å²) < 4.78 is 13.6. The van der Waals surface area contributed by atoms with Crippen molar-refractivity contribution < 1.29 is 4.39 Å². The molecule has 0 amide bonds. The fourth-order valence-electron chi connectivity index (χ4n) is 5.01. The SMILES string of the molecule is Fc1ccc(-c2nc(-c3ccc(-c4ccc(-c5ccc(-c6ccccc6)cc5)cc4)cc3)nc(-c3cccnc3)n2)cc1. The third kappa shape index (κ3) is 5.69. The van der Waals surface area contributed by atoms with Crippen LogP contribution in [0.1, 0.15) is 0 Å². The molecule has 0 fully saturated rings. The van der Waals surface area contributed by atoms with Crippen LogP contribution in [0.15, 0.2) is 152 Å². The average Bonchev–Trinajstić information content (AvgIpc) is 3.09. The number of hydrogen-bond acceptors (Lipinski definition) is 4. The topological polar surface area (TPSA) is 51.6 Å². The van der Waals surface area contributed by atoms with Crippen LogP contribution in [0, 0.1) is 5.82 Å². The van der Waals surface area contributed by atoms with Gasteiger partial charge in [-0.3, -0.25) is 4.98 Å². The van der Waals surface area contributed by atoms with E-state index in [2.05, 4.69) is 94.9 Å². The van der Waals surface area contributed by atoms with Crippen LogP contribution in [0.4, 0.5) is 4.39 Å². The molecule has 0 aliphatic carbocycles. The number of aromatic nitrogens is 4. The maximum absolute atomic E-state index is 13.6. The van der Waals surface area contributed by atoms with Crippen LogP contribution < -0.4 is 0 Å². The Hall–Kier alpha value is -5.81. The van der Waals surface area contributed by atoms with Crippen molar-refractivity contribution >= 4 is 0 Å². The van der Waals surface area contributed by atoms with Crippen molar-refractivity contribution in [1.29, 1.82) is 0 Å². The third-order valence-electron chi connectivity index (χ3n) is 7.34. The van der Waals surface area contributed by atoms with Gasteiger partial charge in [0.15, 0.2) is 17.5 Å². The second-order valence-electron chi connectivity index (χ2n) is 10.2. The van der Waals surface area contributed by atoms with E-state index in [9.17, 15) is 4.39 Å². The smallest absolute Gasteiger partial charge is 0.165 e. The van der Waals surface area contributed by atoms with Gasteiger partial charge in [-0.25, -0.2) is 19.3 Å². The maximum atomic E-state index is 13.6. The molecule has 5 heteroatoms. The van der Waals surface area contributed by atoms with E-state index < -0.39 is 0 Å². The summed E-state index contributed by atoms with van der Waals surface area (Å²) in [5.41, 5.74) is 9.32. The summed E-state index contributed by atoms with van der Waals surface area (Å²) in [6, 6.07) is 45.8. The first-order valence-corrected chi connectivity index (χ1v) is 14.0. The number of hydrogen-bond donors (Lipinski definition) is 0. The molecule has 0 saturated carbocycles. The highest BCUT2D eigenvalue weighted by Gasteiger charge is 2.13. The Balaban J connectivity index is 1.16. The molecule has 0 aliphatic rings. The second-order valence-corrected chi connectivity index (χ2v) is 10.2. The molecule has 0 aliphatic heterocycles. The fraction of sp³-hybridized carbons (Fsp3) is 0. The van der Waals surface area contributed by atoms with Crippen LogP contribution >= 0.6 is 0 Å². The fourth-order valence-corrected chi connectivity index (χ4v) is 5.01. The summed E-state index contributed by atoms with van der Waals surface area (Å²) in [5, 5.41) is 0. The number of pyridine rings is 1. The molecule has 0 radical (unpaired) electrons. The second kappa shape index (κ2) is 11.6. The Morgan fingerprint density at radius 2 is 0.674 bits per heavy atom. The van der Waals surface area contributed by atoms with Gasteiger partial charge in [-0.1, -0.05) is 103 Å². The monoisotopic (exact) mass is 556 g/mol. The van der Waals surface area contributed by atoms with Gasteiger partial charge >= 0.3 is 0 Å². The molecule has 2 aromatic heterocycles. The minimum Gasteiger partial charge on any atom is -0.264 e. The van der Waals surface area contributed by atoms with Crippen LogP contribution in [0.3, 0.4) is 0 Å². The van der Waals surface area contributed by atoms with Crippen LogP contribution in [0.25, 0.3) is 67.5 Å². The lowest BCUT2D eigenvalue weighted by Crippen LogP contribution is -2.00. The molecule has 4 nitrogen and oxygen atoms in total. The van der Waals surface area contributed by atoms with Crippen molar-refractivity contribution in [3.8, 4) is 67.5 Å². The maximum Gasteiger partial charge on any atom is 0.165 e. The van der Waals surface area contributed by atoms with Gasteiger partial charge in [-0.2, -0.15) is 0 Å². The molecule has 0 saturated heterocycles. The first-order chi connectivity index (χ1) is 21.2. The highest BCUT2D eigenvalue weighted by atomic mass is 19.1. The van der Waals surface area contributed by atoms with E-state index in [-0.39, 0.29) is 5.82 Å². The lowest BCUT2D eigenvalue weighted by Gasteiger charge is -2.09. The molecule has 7 aromatic rings.